The summed E-state index contributed by atoms with van der Waals surface area (Å²) >= 11 is 0. The molecular weight excluding hydrogens is 274 g/mol. The highest BCUT2D eigenvalue weighted by atomic mass is 16.5. The Bertz CT molecular complexity index is 430. The Balaban J connectivity index is 2.82. The number of rotatable bonds is 7. The van der Waals surface area contributed by atoms with E-state index in [0.29, 0.717) is 6.54 Å². The van der Waals surface area contributed by atoms with Gasteiger partial charge >= 0.3 is 11.9 Å². The van der Waals surface area contributed by atoms with Gasteiger partial charge in [-0.3, -0.25) is 14.4 Å². The first-order chi connectivity index (χ1) is 9.62. The summed E-state index contributed by atoms with van der Waals surface area (Å²) in [7, 11) is 0. The summed E-state index contributed by atoms with van der Waals surface area (Å²) in [5.41, 5.74) is -0.563. The van der Waals surface area contributed by atoms with Crippen molar-refractivity contribution in [3.8, 4) is 0 Å². The molecule has 1 N–H and O–H groups in total. The molecule has 2 atom stereocenters. The van der Waals surface area contributed by atoms with Crippen LogP contribution in [-0.4, -0.2) is 47.5 Å². The van der Waals surface area contributed by atoms with Crippen LogP contribution in [0.2, 0.25) is 0 Å². The maximum atomic E-state index is 12.6. The molecule has 0 aromatic rings. The molecule has 6 heteroatoms. The van der Waals surface area contributed by atoms with Crippen molar-refractivity contribution in [1.82, 2.24) is 4.90 Å². The summed E-state index contributed by atoms with van der Waals surface area (Å²) < 4.78 is 4.88. The fourth-order valence-corrected chi connectivity index (χ4v) is 2.79. The SMILES string of the molecule is CCOC(=O)CN(CC(C)C)C(=O)C1C(C(=O)O)C1(C)C. The van der Waals surface area contributed by atoms with Gasteiger partial charge in [0.05, 0.1) is 18.4 Å². The summed E-state index contributed by atoms with van der Waals surface area (Å²) in [5, 5.41) is 9.18. The lowest BCUT2D eigenvalue weighted by molar-refractivity contribution is -0.150. The Labute approximate surface area is 125 Å². The van der Waals surface area contributed by atoms with E-state index in [2.05, 4.69) is 0 Å². The molecule has 0 bridgehead atoms. The average Bonchev–Trinajstić information content (AvgIpc) is 2.90. The predicted octanol–water partition coefficient (Wildman–Crippen LogP) is 1.39. The van der Waals surface area contributed by atoms with Gasteiger partial charge in [-0.25, -0.2) is 0 Å². The van der Waals surface area contributed by atoms with E-state index in [-0.39, 0.29) is 25.0 Å². The van der Waals surface area contributed by atoms with Gasteiger partial charge in [0.2, 0.25) is 5.91 Å². The molecule has 2 unspecified atom stereocenters. The van der Waals surface area contributed by atoms with E-state index in [1.54, 1.807) is 20.8 Å². The minimum Gasteiger partial charge on any atom is -0.481 e. The summed E-state index contributed by atoms with van der Waals surface area (Å²) in [4.78, 5) is 36.8. The van der Waals surface area contributed by atoms with Crippen LogP contribution in [0.4, 0.5) is 0 Å². The third-order valence-corrected chi connectivity index (χ3v) is 3.88. The molecule has 6 nitrogen and oxygen atoms in total. The highest BCUT2D eigenvalue weighted by Crippen LogP contribution is 2.59. The third-order valence-electron chi connectivity index (χ3n) is 3.88. The molecule has 1 fully saturated rings. The van der Waals surface area contributed by atoms with Crippen molar-refractivity contribution in [1.29, 1.82) is 0 Å². The Morgan fingerprint density at radius 1 is 1.24 bits per heavy atom. The topological polar surface area (TPSA) is 83.9 Å². The van der Waals surface area contributed by atoms with E-state index < -0.39 is 29.2 Å². The Hall–Kier alpha value is -1.59. The Kier molecular flexibility index (Phi) is 5.36. The number of aliphatic carboxylic acids is 1. The minimum absolute atomic E-state index is 0.121. The third kappa shape index (κ3) is 3.95. The second kappa shape index (κ2) is 6.45. The molecule has 21 heavy (non-hydrogen) atoms. The molecule has 120 valence electrons. The number of carboxylic acids is 1. The van der Waals surface area contributed by atoms with Gasteiger partial charge in [-0.2, -0.15) is 0 Å². The molecule has 1 aliphatic carbocycles. The zero-order chi connectivity index (χ0) is 16.4. The van der Waals surface area contributed by atoms with Gasteiger partial charge in [-0.05, 0) is 18.3 Å². The van der Waals surface area contributed by atoms with E-state index >= 15 is 0 Å². The van der Waals surface area contributed by atoms with Crippen LogP contribution in [0.5, 0.6) is 0 Å². The molecule has 0 radical (unpaired) electrons. The van der Waals surface area contributed by atoms with Crippen LogP contribution in [0.1, 0.15) is 34.6 Å². The Morgan fingerprint density at radius 2 is 1.81 bits per heavy atom. The number of ether oxygens (including phenoxy) is 1. The first-order valence-electron chi connectivity index (χ1n) is 7.30. The minimum atomic E-state index is -0.959. The van der Waals surface area contributed by atoms with E-state index in [1.807, 2.05) is 13.8 Å². The van der Waals surface area contributed by atoms with Crippen LogP contribution in [-0.2, 0) is 19.1 Å². The molecule has 1 aliphatic rings. The van der Waals surface area contributed by atoms with E-state index in [4.69, 9.17) is 4.74 Å². The molecule has 0 aromatic carbocycles. The number of hydrogen-bond acceptors (Lipinski definition) is 4. The molecule has 0 spiro atoms. The lowest BCUT2D eigenvalue weighted by Gasteiger charge is -2.24. The zero-order valence-corrected chi connectivity index (χ0v) is 13.4. The molecule has 0 heterocycles. The maximum absolute atomic E-state index is 12.6. The summed E-state index contributed by atoms with van der Waals surface area (Å²) in [6, 6.07) is 0. The lowest BCUT2D eigenvalue weighted by Crippen LogP contribution is -2.40. The van der Waals surface area contributed by atoms with Crippen LogP contribution in [0.25, 0.3) is 0 Å². The summed E-state index contributed by atoms with van der Waals surface area (Å²) in [5.74, 6) is -2.75. The molecule has 1 rings (SSSR count). The van der Waals surface area contributed by atoms with Crippen molar-refractivity contribution in [2.45, 2.75) is 34.6 Å². The maximum Gasteiger partial charge on any atom is 0.325 e. The Morgan fingerprint density at radius 3 is 2.19 bits per heavy atom. The number of hydrogen-bond donors (Lipinski definition) is 1. The highest BCUT2D eigenvalue weighted by molar-refractivity contribution is 5.93. The van der Waals surface area contributed by atoms with Gasteiger partial charge in [0, 0.05) is 6.54 Å². The highest BCUT2D eigenvalue weighted by Gasteiger charge is 2.66. The first-order valence-corrected chi connectivity index (χ1v) is 7.30. The monoisotopic (exact) mass is 299 g/mol. The average molecular weight is 299 g/mol. The van der Waals surface area contributed by atoms with Crippen molar-refractivity contribution in [3.05, 3.63) is 0 Å². The lowest BCUT2D eigenvalue weighted by atomic mass is 10.1. The summed E-state index contributed by atoms with van der Waals surface area (Å²) in [6.45, 7) is 9.68. The number of carbonyl (C=O) groups is 3. The molecule has 1 amide bonds. The van der Waals surface area contributed by atoms with Gasteiger partial charge < -0.3 is 14.7 Å². The fourth-order valence-electron chi connectivity index (χ4n) is 2.79. The number of esters is 1. The second-order valence-corrected chi connectivity index (χ2v) is 6.53. The van der Waals surface area contributed by atoms with Crippen molar-refractivity contribution in [2.24, 2.45) is 23.2 Å². The van der Waals surface area contributed by atoms with Gasteiger partial charge in [0.25, 0.3) is 0 Å². The predicted molar refractivity (Wildman–Crippen MR) is 76.4 cm³/mol. The largest absolute Gasteiger partial charge is 0.481 e. The van der Waals surface area contributed by atoms with Crippen molar-refractivity contribution in [3.63, 3.8) is 0 Å². The molecule has 1 saturated carbocycles. The van der Waals surface area contributed by atoms with Crippen molar-refractivity contribution >= 4 is 17.8 Å². The first kappa shape index (κ1) is 17.5. The smallest absolute Gasteiger partial charge is 0.325 e. The fraction of sp³-hybridized carbons (Fsp3) is 0.800. The number of amides is 1. The number of carboxylic acid groups (broad SMARTS) is 1. The standard InChI is InChI=1S/C15H25NO5/c1-6-21-10(17)8-16(7-9(2)3)13(18)11-12(14(19)20)15(11,4)5/h9,11-12H,6-8H2,1-5H3,(H,19,20). The number of carbonyl (C=O) groups excluding carboxylic acids is 2. The van der Waals surface area contributed by atoms with Gasteiger partial charge in [-0.1, -0.05) is 27.7 Å². The van der Waals surface area contributed by atoms with E-state index in [1.165, 1.54) is 4.90 Å². The van der Waals surface area contributed by atoms with Crippen molar-refractivity contribution in [2.75, 3.05) is 19.7 Å². The number of nitrogens with zero attached hydrogens (tertiary/aromatic N) is 1. The molecule has 0 aromatic heterocycles. The van der Waals surface area contributed by atoms with Gasteiger partial charge in [0.1, 0.15) is 6.54 Å². The van der Waals surface area contributed by atoms with Crippen LogP contribution in [0, 0.1) is 23.2 Å². The summed E-state index contributed by atoms with van der Waals surface area (Å²) in [6.07, 6.45) is 0. The quantitative estimate of drug-likeness (QED) is 0.718. The van der Waals surface area contributed by atoms with Crippen LogP contribution in [0.15, 0.2) is 0 Å². The molecule has 0 saturated heterocycles. The normalized spacial score (nSPS) is 22.8. The molecular formula is C15H25NO5. The van der Waals surface area contributed by atoms with Gasteiger partial charge in [0.15, 0.2) is 0 Å². The van der Waals surface area contributed by atoms with E-state index in [0.717, 1.165) is 0 Å². The van der Waals surface area contributed by atoms with Crippen LogP contribution < -0.4 is 0 Å². The second-order valence-electron chi connectivity index (χ2n) is 6.53. The van der Waals surface area contributed by atoms with E-state index in [9.17, 15) is 19.5 Å². The zero-order valence-electron chi connectivity index (χ0n) is 13.4. The van der Waals surface area contributed by atoms with Crippen LogP contribution in [0.3, 0.4) is 0 Å². The van der Waals surface area contributed by atoms with Gasteiger partial charge in [-0.15, -0.1) is 0 Å². The molecule has 0 aliphatic heterocycles. The van der Waals surface area contributed by atoms with Crippen LogP contribution >= 0.6 is 0 Å². The van der Waals surface area contributed by atoms with Crippen molar-refractivity contribution < 1.29 is 24.2 Å².